The Bertz CT molecular complexity index is 250. The summed E-state index contributed by atoms with van der Waals surface area (Å²) in [4.78, 5) is 11.9. The van der Waals surface area contributed by atoms with Crippen LogP contribution in [-0.4, -0.2) is 29.2 Å². The molecule has 15 heavy (non-hydrogen) atoms. The van der Waals surface area contributed by atoms with E-state index in [9.17, 15) is 9.90 Å². The summed E-state index contributed by atoms with van der Waals surface area (Å²) in [7, 11) is 0. The number of ether oxygens (including phenoxy) is 1. The molecule has 0 saturated carbocycles. The Balaban J connectivity index is 2.59. The lowest BCUT2D eigenvalue weighted by Crippen LogP contribution is -2.34. The molecule has 0 amide bonds. The third-order valence-electron chi connectivity index (χ3n) is 3.12. The number of Topliss-reactive ketones (excluding diaryl/α,β-unsaturated/α-hetero) is 1. The number of aliphatic hydroxyl groups is 1. The fraction of sp³-hybridized carbons (Fsp3) is 0.917. The van der Waals surface area contributed by atoms with E-state index in [1.165, 1.54) is 0 Å². The van der Waals surface area contributed by atoms with Crippen LogP contribution >= 0.6 is 0 Å². The number of aliphatic hydroxyl groups excluding tert-OH is 1. The van der Waals surface area contributed by atoms with Gasteiger partial charge in [-0.25, -0.2) is 0 Å². The molecule has 1 rings (SSSR count). The zero-order valence-corrected chi connectivity index (χ0v) is 10.3. The zero-order valence-electron chi connectivity index (χ0n) is 10.3. The average Bonchev–Trinajstić information content (AvgIpc) is 2.30. The predicted octanol–water partition coefficient (Wildman–Crippen LogP) is 1.78. The van der Waals surface area contributed by atoms with E-state index in [0.717, 1.165) is 0 Å². The Labute approximate surface area is 91.8 Å². The van der Waals surface area contributed by atoms with Crippen LogP contribution in [0.5, 0.6) is 0 Å². The van der Waals surface area contributed by atoms with Crippen molar-refractivity contribution in [2.75, 3.05) is 6.61 Å². The van der Waals surface area contributed by atoms with Crippen molar-refractivity contribution in [2.24, 2.45) is 11.3 Å². The fourth-order valence-corrected chi connectivity index (χ4v) is 1.75. The van der Waals surface area contributed by atoms with Crippen molar-refractivity contribution in [3.8, 4) is 0 Å². The lowest BCUT2D eigenvalue weighted by Gasteiger charge is -2.27. The molecule has 0 spiro atoms. The van der Waals surface area contributed by atoms with Crippen molar-refractivity contribution < 1.29 is 14.6 Å². The van der Waals surface area contributed by atoms with Gasteiger partial charge in [0.2, 0.25) is 0 Å². The molecular weight excluding hydrogens is 192 g/mol. The van der Waals surface area contributed by atoms with Gasteiger partial charge in [-0.15, -0.1) is 0 Å². The third kappa shape index (κ3) is 2.79. The SMILES string of the molecule is CC1(C)OCC(CC(O)C(C)(C)C)C1=O. The second-order valence-electron chi connectivity index (χ2n) is 6.00. The van der Waals surface area contributed by atoms with Crippen molar-refractivity contribution in [2.45, 2.75) is 52.7 Å². The van der Waals surface area contributed by atoms with E-state index in [0.29, 0.717) is 13.0 Å². The van der Waals surface area contributed by atoms with Gasteiger partial charge in [0.15, 0.2) is 5.78 Å². The number of ketones is 1. The van der Waals surface area contributed by atoms with E-state index in [-0.39, 0.29) is 17.1 Å². The summed E-state index contributed by atoms with van der Waals surface area (Å²) in [6.45, 7) is 9.95. The van der Waals surface area contributed by atoms with Gasteiger partial charge < -0.3 is 9.84 Å². The summed E-state index contributed by atoms with van der Waals surface area (Å²) in [5.41, 5.74) is -0.838. The van der Waals surface area contributed by atoms with Gasteiger partial charge in [-0.3, -0.25) is 4.79 Å². The summed E-state index contributed by atoms with van der Waals surface area (Å²) in [6, 6.07) is 0. The molecule has 0 aromatic rings. The molecule has 1 heterocycles. The highest BCUT2D eigenvalue weighted by atomic mass is 16.5. The first-order chi connectivity index (χ1) is 6.64. The van der Waals surface area contributed by atoms with Crippen LogP contribution < -0.4 is 0 Å². The van der Waals surface area contributed by atoms with Gasteiger partial charge in [-0.05, 0) is 25.7 Å². The van der Waals surface area contributed by atoms with Gasteiger partial charge in [-0.2, -0.15) is 0 Å². The minimum absolute atomic E-state index is 0.116. The Kier molecular flexibility index (Phi) is 3.27. The second-order valence-corrected chi connectivity index (χ2v) is 6.00. The minimum atomic E-state index is -0.664. The molecule has 1 N–H and O–H groups in total. The molecule has 0 bridgehead atoms. The molecule has 2 unspecified atom stereocenters. The smallest absolute Gasteiger partial charge is 0.169 e. The lowest BCUT2D eigenvalue weighted by atomic mass is 9.81. The van der Waals surface area contributed by atoms with E-state index in [4.69, 9.17) is 4.74 Å². The molecule has 0 aromatic heterocycles. The second kappa shape index (κ2) is 3.87. The Morgan fingerprint density at radius 3 is 2.40 bits per heavy atom. The van der Waals surface area contributed by atoms with E-state index < -0.39 is 11.7 Å². The highest BCUT2D eigenvalue weighted by Gasteiger charge is 2.43. The molecule has 1 aliphatic rings. The monoisotopic (exact) mass is 214 g/mol. The van der Waals surface area contributed by atoms with Crippen LogP contribution in [-0.2, 0) is 9.53 Å². The van der Waals surface area contributed by atoms with Gasteiger partial charge in [-0.1, -0.05) is 20.8 Å². The first-order valence-corrected chi connectivity index (χ1v) is 5.51. The van der Waals surface area contributed by atoms with Crippen LogP contribution in [0.15, 0.2) is 0 Å². The molecule has 3 heteroatoms. The molecule has 0 aliphatic carbocycles. The Morgan fingerprint density at radius 1 is 1.53 bits per heavy atom. The lowest BCUT2D eigenvalue weighted by molar-refractivity contribution is -0.130. The van der Waals surface area contributed by atoms with E-state index in [1.54, 1.807) is 13.8 Å². The summed E-state index contributed by atoms with van der Waals surface area (Å²) in [6.07, 6.45) is 0.0510. The van der Waals surface area contributed by atoms with Gasteiger partial charge >= 0.3 is 0 Å². The molecule has 1 fully saturated rings. The summed E-state index contributed by atoms with van der Waals surface area (Å²) >= 11 is 0. The molecule has 0 aromatic carbocycles. The first-order valence-electron chi connectivity index (χ1n) is 5.51. The average molecular weight is 214 g/mol. The zero-order chi connectivity index (χ0) is 11.9. The number of hydrogen-bond acceptors (Lipinski definition) is 3. The van der Waals surface area contributed by atoms with E-state index in [1.807, 2.05) is 20.8 Å². The minimum Gasteiger partial charge on any atom is -0.393 e. The summed E-state index contributed by atoms with van der Waals surface area (Å²) in [5, 5.41) is 9.93. The highest BCUT2D eigenvalue weighted by Crippen LogP contribution is 2.32. The summed E-state index contributed by atoms with van der Waals surface area (Å²) < 4.78 is 5.42. The number of rotatable bonds is 2. The largest absolute Gasteiger partial charge is 0.393 e. The van der Waals surface area contributed by atoms with Crippen LogP contribution in [0.4, 0.5) is 0 Å². The van der Waals surface area contributed by atoms with Crippen LogP contribution in [0.2, 0.25) is 0 Å². The molecule has 1 saturated heterocycles. The van der Waals surface area contributed by atoms with Gasteiger partial charge in [0.1, 0.15) is 5.60 Å². The van der Waals surface area contributed by atoms with Crippen molar-refractivity contribution in [3.63, 3.8) is 0 Å². The maximum Gasteiger partial charge on any atom is 0.169 e. The standard InChI is InChI=1S/C12H22O3/c1-11(2,3)9(13)6-8-7-15-12(4,5)10(8)14/h8-9,13H,6-7H2,1-5H3. The van der Waals surface area contributed by atoms with Gasteiger partial charge in [0.05, 0.1) is 12.7 Å². The van der Waals surface area contributed by atoms with Crippen molar-refractivity contribution in [1.82, 2.24) is 0 Å². The number of carbonyl (C=O) groups is 1. The quantitative estimate of drug-likeness (QED) is 0.762. The van der Waals surface area contributed by atoms with Crippen LogP contribution in [0.25, 0.3) is 0 Å². The molecule has 0 radical (unpaired) electrons. The molecule has 3 nitrogen and oxygen atoms in total. The number of carbonyl (C=O) groups excluding carboxylic acids is 1. The van der Waals surface area contributed by atoms with Gasteiger partial charge in [0, 0.05) is 5.92 Å². The third-order valence-corrected chi connectivity index (χ3v) is 3.12. The summed E-state index contributed by atoms with van der Waals surface area (Å²) in [5.74, 6) is -0.0278. The van der Waals surface area contributed by atoms with E-state index in [2.05, 4.69) is 0 Å². The van der Waals surface area contributed by atoms with Gasteiger partial charge in [0.25, 0.3) is 0 Å². The van der Waals surface area contributed by atoms with Crippen LogP contribution in [0, 0.1) is 11.3 Å². The molecular formula is C12H22O3. The van der Waals surface area contributed by atoms with Crippen molar-refractivity contribution >= 4 is 5.78 Å². The Hall–Kier alpha value is -0.410. The fourth-order valence-electron chi connectivity index (χ4n) is 1.75. The molecule has 1 aliphatic heterocycles. The number of hydrogen-bond donors (Lipinski definition) is 1. The van der Waals surface area contributed by atoms with Crippen LogP contribution in [0.3, 0.4) is 0 Å². The predicted molar refractivity (Wildman–Crippen MR) is 58.6 cm³/mol. The first kappa shape index (κ1) is 12.7. The molecule has 88 valence electrons. The maximum atomic E-state index is 11.9. The van der Waals surface area contributed by atoms with Crippen molar-refractivity contribution in [1.29, 1.82) is 0 Å². The normalized spacial score (nSPS) is 28.1. The Morgan fingerprint density at radius 2 is 2.07 bits per heavy atom. The maximum absolute atomic E-state index is 11.9. The van der Waals surface area contributed by atoms with E-state index >= 15 is 0 Å². The van der Waals surface area contributed by atoms with Crippen molar-refractivity contribution in [3.05, 3.63) is 0 Å². The topological polar surface area (TPSA) is 46.5 Å². The highest BCUT2D eigenvalue weighted by molar-refractivity contribution is 5.90. The molecule has 2 atom stereocenters. The van der Waals surface area contributed by atoms with Crippen LogP contribution in [0.1, 0.15) is 41.0 Å².